The number of hydrogen-bond acceptors (Lipinski definition) is 3. The summed E-state index contributed by atoms with van der Waals surface area (Å²) in [5.41, 5.74) is 4.69. The van der Waals surface area contributed by atoms with E-state index in [-0.39, 0.29) is 24.1 Å². The van der Waals surface area contributed by atoms with Gasteiger partial charge in [0.2, 0.25) is 11.8 Å². The lowest BCUT2D eigenvalue weighted by atomic mass is 10.1. The first-order valence-electron chi connectivity index (χ1n) is 10.6. The lowest BCUT2D eigenvalue weighted by molar-refractivity contribution is -0.122. The van der Waals surface area contributed by atoms with Crippen molar-refractivity contribution < 1.29 is 14.4 Å². The van der Waals surface area contributed by atoms with E-state index in [0.29, 0.717) is 17.8 Å². The minimum absolute atomic E-state index is 0.0603. The number of benzene rings is 3. The van der Waals surface area contributed by atoms with Crippen LogP contribution in [0.5, 0.6) is 0 Å². The molecule has 3 amide bonds. The maximum atomic E-state index is 12.7. The third-order valence-electron chi connectivity index (χ3n) is 5.70. The first kappa shape index (κ1) is 21.3. The fraction of sp³-hybridized carbons (Fsp3) is 0.192. The summed E-state index contributed by atoms with van der Waals surface area (Å²) in [5.74, 6) is -0.894. The molecule has 4 rings (SSSR count). The van der Waals surface area contributed by atoms with Gasteiger partial charge in [0.1, 0.15) is 0 Å². The van der Waals surface area contributed by atoms with Crippen LogP contribution in [0, 0.1) is 19.8 Å². The predicted octanol–water partition coefficient (Wildman–Crippen LogP) is 4.55. The van der Waals surface area contributed by atoms with Gasteiger partial charge in [-0.1, -0.05) is 36.4 Å². The predicted molar refractivity (Wildman–Crippen MR) is 126 cm³/mol. The Morgan fingerprint density at radius 3 is 2.16 bits per heavy atom. The van der Waals surface area contributed by atoms with Crippen molar-refractivity contribution in [2.75, 3.05) is 22.1 Å². The molecule has 3 aromatic rings. The van der Waals surface area contributed by atoms with Crippen LogP contribution in [0.25, 0.3) is 0 Å². The van der Waals surface area contributed by atoms with Crippen molar-refractivity contribution in [2.45, 2.75) is 20.3 Å². The minimum atomic E-state index is -0.422. The quantitative estimate of drug-likeness (QED) is 0.627. The molecule has 162 valence electrons. The number of anilines is 3. The first-order chi connectivity index (χ1) is 15.4. The molecule has 2 N–H and O–H groups in total. The number of nitrogens with one attached hydrogen (secondary N) is 2. The van der Waals surface area contributed by atoms with E-state index in [1.807, 2.05) is 62.4 Å². The number of hydrogen-bond donors (Lipinski definition) is 2. The molecule has 32 heavy (non-hydrogen) atoms. The Morgan fingerprint density at radius 1 is 0.844 bits per heavy atom. The largest absolute Gasteiger partial charge is 0.326 e. The van der Waals surface area contributed by atoms with Crippen LogP contribution < -0.4 is 15.5 Å². The van der Waals surface area contributed by atoms with Crippen LogP contribution in [-0.2, 0) is 9.59 Å². The number of para-hydroxylation sites is 2. The van der Waals surface area contributed by atoms with Gasteiger partial charge in [-0.25, -0.2) is 0 Å². The highest BCUT2D eigenvalue weighted by atomic mass is 16.2. The van der Waals surface area contributed by atoms with Gasteiger partial charge in [0.25, 0.3) is 5.91 Å². The van der Waals surface area contributed by atoms with E-state index in [1.165, 1.54) is 0 Å². The van der Waals surface area contributed by atoms with E-state index in [9.17, 15) is 14.4 Å². The maximum Gasteiger partial charge on any atom is 0.255 e. The molecule has 1 atom stereocenters. The number of aryl methyl sites for hydroxylation is 2. The monoisotopic (exact) mass is 427 g/mol. The zero-order valence-electron chi connectivity index (χ0n) is 18.1. The van der Waals surface area contributed by atoms with Gasteiger partial charge in [-0.15, -0.1) is 0 Å². The number of rotatable bonds is 5. The van der Waals surface area contributed by atoms with Crippen LogP contribution in [0.4, 0.5) is 17.1 Å². The van der Waals surface area contributed by atoms with Crippen molar-refractivity contribution in [3.05, 3.63) is 89.5 Å². The van der Waals surface area contributed by atoms with E-state index in [1.54, 1.807) is 29.2 Å². The summed E-state index contributed by atoms with van der Waals surface area (Å²) < 4.78 is 0. The smallest absolute Gasteiger partial charge is 0.255 e. The van der Waals surface area contributed by atoms with Crippen molar-refractivity contribution in [3.63, 3.8) is 0 Å². The molecule has 1 saturated heterocycles. The van der Waals surface area contributed by atoms with Crippen molar-refractivity contribution in [3.8, 4) is 0 Å². The Labute approximate surface area is 187 Å². The zero-order valence-corrected chi connectivity index (χ0v) is 18.1. The molecule has 0 saturated carbocycles. The molecule has 1 aliphatic rings. The Hall–Kier alpha value is -3.93. The summed E-state index contributed by atoms with van der Waals surface area (Å²) in [6, 6.07) is 22.0. The van der Waals surface area contributed by atoms with E-state index in [2.05, 4.69) is 10.6 Å². The fourth-order valence-electron chi connectivity index (χ4n) is 3.89. The molecular weight excluding hydrogens is 402 g/mol. The highest BCUT2D eigenvalue weighted by molar-refractivity contribution is 6.06. The van der Waals surface area contributed by atoms with Crippen LogP contribution in [0.1, 0.15) is 27.9 Å². The Bertz CT molecular complexity index is 1140. The Kier molecular flexibility index (Phi) is 6.03. The molecule has 6 heteroatoms. The second kappa shape index (κ2) is 9.06. The molecule has 1 unspecified atom stereocenters. The third-order valence-corrected chi connectivity index (χ3v) is 5.70. The summed E-state index contributed by atoms with van der Waals surface area (Å²) >= 11 is 0. The van der Waals surface area contributed by atoms with Gasteiger partial charge in [0.15, 0.2) is 0 Å². The highest BCUT2D eigenvalue weighted by Gasteiger charge is 2.35. The summed E-state index contributed by atoms with van der Waals surface area (Å²) in [5, 5.41) is 5.82. The SMILES string of the molecule is Cc1cccc(C)c1NC(=O)c1ccc(NC(=O)C2CC(=O)N(c3ccccc3)C2)cc1. The normalized spacial score (nSPS) is 15.5. The molecule has 1 heterocycles. The average Bonchev–Trinajstić information content (AvgIpc) is 3.19. The maximum absolute atomic E-state index is 12.7. The minimum Gasteiger partial charge on any atom is -0.326 e. The molecule has 0 aromatic heterocycles. The highest BCUT2D eigenvalue weighted by Crippen LogP contribution is 2.26. The summed E-state index contributed by atoms with van der Waals surface area (Å²) in [6.07, 6.45) is 0.178. The molecule has 3 aromatic carbocycles. The molecule has 0 aliphatic carbocycles. The van der Waals surface area contributed by atoms with Gasteiger partial charge in [-0.2, -0.15) is 0 Å². The number of nitrogens with zero attached hydrogens (tertiary/aromatic N) is 1. The van der Waals surface area contributed by atoms with Crippen LogP contribution in [0.2, 0.25) is 0 Å². The van der Waals surface area contributed by atoms with Gasteiger partial charge in [0, 0.05) is 35.6 Å². The van der Waals surface area contributed by atoms with Crippen molar-refractivity contribution in [2.24, 2.45) is 5.92 Å². The van der Waals surface area contributed by atoms with Gasteiger partial charge in [-0.05, 0) is 61.4 Å². The Balaban J connectivity index is 1.38. The zero-order chi connectivity index (χ0) is 22.7. The van der Waals surface area contributed by atoms with Crippen LogP contribution in [0.15, 0.2) is 72.8 Å². The van der Waals surface area contributed by atoms with E-state index in [4.69, 9.17) is 0 Å². The lowest BCUT2D eigenvalue weighted by Crippen LogP contribution is -2.28. The molecular formula is C26H25N3O3. The van der Waals surface area contributed by atoms with Gasteiger partial charge >= 0.3 is 0 Å². The van der Waals surface area contributed by atoms with Gasteiger partial charge in [0.05, 0.1) is 5.92 Å². The second-order valence-corrected chi connectivity index (χ2v) is 8.03. The average molecular weight is 428 g/mol. The van der Waals surface area contributed by atoms with Gasteiger partial charge in [-0.3, -0.25) is 14.4 Å². The third kappa shape index (κ3) is 4.54. The number of amides is 3. The molecule has 0 spiro atoms. The number of carbonyl (C=O) groups excluding carboxylic acids is 3. The molecule has 1 fully saturated rings. The van der Waals surface area contributed by atoms with Crippen LogP contribution >= 0.6 is 0 Å². The molecule has 0 bridgehead atoms. The fourth-order valence-corrected chi connectivity index (χ4v) is 3.89. The van der Waals surface area contributed by atoms with Crippen molar-refractivity contribution in [1.29, 1.82) is 0 Å². The van der Waals surface area contributed by atoms with Crippen molar-refractivity contribution >= 4 is 34.8 Å². The van der Waals surface area contributed by atoms with Crippen LogP contribution in [-0.4, -0.2) is 24.3 Å². The summed E-state index contributed by atoms with van der Waals surface area (Å²) in [6.45, 7) is 4.26. The number of carbonyl (C=O) groups is 3. The topological polar surface area (TPSA) is 78.5 Å². The molecule has 6 nitrogen and oxygen atoms in total. The van der Waals surface area contributed by atoms with E-state index < -0.39 is 5.92 Å². The van der Waals surface area contributed by atoms with Crippen LogP contribution in [0.3, 0.4) is 0 Å². The Morgan fingerprint density at radius 2 is 1.50 bits per heavy atom. The first-order valence-corrected chi connectivity index (χ1v) is 10.6. The summed E-state index contributed by atoms with van der Waals surface area (Å²) in [7, 11) is 0. The van der Waals surface area contributed by atoms with E-state index in [0.717, 1.165) is 22.5 Å². The summed E-state index contributed by atoms with van der Waals surface area (Å²) in [4.78, 5) is 39.3. The van der Waals surface area contributed by atoms with Gasteiger partial charge < -0.3 is 15.5 Å². The van der Waals surface area contributed by atoms with Crippen molar-refractivity contribution in [1.82, 2.24) is 0 Å². The standard InChI is InChI=1S/C26H25N3O3/c1-17-7-6-8-18(2)24(17)28-25(31)19-11-13-21(14-12-19)27-26(32)20-15-23(30)29(16-20)22-9-4-3-5-10-22/h3-14,20H,15-16H2,1-2H3,(H,27,32)(H,28,31). The molecule has 0 radical (unpaired) electrons. The van der Waals surface area contributed by atoms with E-state index >= 15 is 0 Å². The molecule has 1 aliphatic heterocycles. The second-order valence-electron chi connectivity index (χ2n) is 8.03. The lowest BCUT2D eigenvalue weighted by Gasteiger charge is -2.16.